The van der Waals surface area contributed by atoms with Crippen LogP contribution in [0.3, 0.4) is 0 Å². The normalized spacial score (nSPS) is 11.7. The Morgan fingerprint density at radius 3 is 2.32 bits per heavy atom. The van der Waals surface area contributed by atoms with Crippen LogP contribution in [0.2, 0.25) is 0 Å². The van der Waals surface area contributed by atoms with Crippen molar-refractivity contribution in [2.45, 2.75) is 12.6 Å². The summed E-state index contributed by atoms with van der Waals surface area (Å²) in [5.41, 5.74) is 7.18. The molecule has 0 bridgehead atoms. The van der Waals surface area contributed by atoms with Crippen LogP contribution in [0.4, 0.5) is 0 Å². The molecule has 0 saturated carbocycles. The van der Waals surface area contributed by atoms with E-state index in [0.717, 1.165) is 5.56 Å². The molecule has 25 heavy (non-hydrogen) atoms. The monoisotopic (exact) mass is 335 g/mol. The molecule has 3 rings (SSSR count). The van der Waals surface area contributed by atoms with Gasteiger partial charge in [-0.1, -0.05) is 65.9 Å². The Bertz CT molecular complexity index is 861. The minimum atomic E-state index is -0.923. The second-order valence-corrected chi connectivity index (χ2v) is 5.51. The van der Waals surface area contributed by atoms with Crippen molar-refractivity contribution >= 4 is 11.8 Å². The molecule has 126 valence electrons. The summed E-state index contributed by atoms with van der Waals surface area (Å²) in [5.74, 6) is -1.15. The van der Waals surface area contributed by atoms with Gasteiger partial charge < -0.3 is 11.1 Å². The Labute approximate surface area is 144 Å². The van der Waals surface area contributed by atoms with Gasteiger partial charge in [-0.15, -0.1) is 5.10 Å². The third-order valence-electron chi connectivity index (χ3n) is 3.65. The lowest BCUT2D eigenvalue weighted by Crippen LogP contribution is -2.37. The largest absolute Gasteiger partial charge is 0.368 e. The fraction of sp³-hybridized carbons (Fsp3) is 0.111. The Kier molecular flexibility index (Phi) is 4.84. The van der Waals surface area contributed by atoms with Gasteiger partial charge in [-0.05, 0) is 11.1 Å². The highest BCUT2D eigenvalue weighted by Gasteiger charge is 2.22. The van der Waals surface area contributed by atoms with Gasteiger partial charge in [0.05, 0.1) is 12.7 Å². The first-order chi connectivity index (χ1) is 12.1. The van der Waals surface area contributed by atoms with Gasteiger partial charge in [0.25, 0.3) is 5.91 Å². The summed E-state index contributed by atoms with van der Waals surface area (Å²) in [4.78, 5) is 24.0. The van der Waals surface area contributed by atoms with E-state index >= 15 is 0 Å². The van der Waals surface area contributed by atoms with Crippen molar-refractivity contribution in [1.29, 1.82) is 0 Å². The van der Waals surface area contributed by atoms with Crippen molar-refractivity contribution in [3.8, 4) is 0 Å². The van der Waals surface area contributed by atoms with E-state index < -0.39 is 17.9 Å². The predicted molar refractivity (Wildman–Crippen MR) is 91.4 cm³/mol. The molecule has 3 aromatic rings. The molecule has 2 aromatic carbocycles. The molecule has 0 aliphatic carbocycles. The van der Waals surface area contributed by atoms with Crippen molar-refractivity contribution in [2.24, 2.45) is 5.73 Å². The molecule has 7 heteroatoms. The number of carbonyl (C=O) groups is 2. The number of rotatable bonds is 6. The maximum Gasteiger partial charge on any atom is 0.274 e. The Balaban J connectivity index is 1.71. The molecule has 0 aliphatic rings. The minimum absolute atomic E-state index is 0.123. The molecule has 0 aliphatic heterocycles. The molecule has 7 nitrogen and oxygen atoms in total. The number of hydrogen-bond acceptors (Lipinski definition) is 4. The SMILES string of the molecule is NC(=O)[C@H](NC(=O)c1cn(Cc2ccccc2)nn1)c1ccccc1. The summed E-state index contributed by atoms with van der Waals surface area (Å²) < 4.78 is 1.56. The zero-order valence-electron chi connectivity index (χ0n) is 13.4. The van der Waals surface area contributed by atoms with Crippen molar-refractivity contribution in [3.05, 3.63) is 83.7 Å². The van der Waals surface area contributed by atoms with Crippen LogP contribution in [0.25, 0.3) is 0 Å². The fourth-order valence-corrected chi connectivity index (χ4v) is 2.42. The van der Waals surface area contributed by atoms with E-state index in [1.54, 1.807) is 28.9 Å². The van der Waals surface area contributed by atoms with E-state index in [9.17, 15) is 9.59 Å². The standard InChI is InChI=1S/C18H17N5O2/c19-17(24)16(14-9-5-2-6-10-14)20-18(25)15-12-23(22-21-15)11-13-7-3-1-4-8-13/h1-10,12,16H,11H2,(H2,19,24)(H,20,25)/t16-/m1/s1. The van der Waals surface area contributed by atoms with Crippen LogP contribution in [-0.4, -0.2) is 26.8 Å². The number of carbonyl (C=O) groups excluding carboxylic acids is 2. The molecule has 2 amide bonds. The molecule has 0 radical (unpaired) electrons. The van der Waals surface area contributed by atoms with Gasteiger partial charge in [0.2, 0.25) is 5.91 Å². The summed E-state index contributed by atoms with van der Waals surface area (Å²) in [6, 6.07) is 17.6. The first-order valence-electron chi connectivity index (χ1n) is 7.72. The lowest BCUT2D eigenvalue weighted by molar-refractivity contribution is -0.120. The highest BCUT2D eigenvalue weighted by Crippen LogP contribution is 2.12. The van der Waals surface area contributed by atoms with E-state index in [4.69, 9.17) is 5.73 Å². The first-order valence-corrected chi connectivity index (χ1v) is 7.72. The number of hydrogen-bond donors (Lipinski definition) is 2. The molecular weight excluding hydrogens is 318 g/mol. The zero-order valence-corrected chi connectivity index (χ0v) is 13.4. The average molecular weight is 335 g/mol. The Morgan fingerprint density at radius 1 is 1.04 bits per heavy atom. The third-order valence-corrected chi connectivity index (χ3v) is 3.65. The van der Waals surface area contributed by atoms with Gasteiger partial charge in [0.1, 0.15) is 6.04 Å². The van der Waals surface area contributed by atoms with Crippen LogP contribution in [0.15, 0.2) is 66.9 Å². The van der Waals surface area contributed by atoms with E-state index in [2.05, 4.69) is 15.6 Å². The van der Waals surface area contributed by atoms with Gasteiger partial charge in [-0.25, -0.2) is 4.68 Å². The zero-order chi connectivity index (χ0) is 17.6. The highest BCUT2D eigenvalue weighted by molar-refractivity contribution is 5.95. The molecule has 0 spiro atoms. The van der Waals surface area contributed by atoms with Crippen LogP contribution in [0.1, 0.15) is 27.7 Å². The number of nitrogens with zero attached hydrogens (tertiary/aromatic N) is 3. The summed E-state index contributed by atoms with van der Waals surface area (Å²) in [7, 11) is 0. The molecule has 0 saturated heterocycles. The average Bonchev–Trinajstić information content (AvgIpc) is 3.09. The van der Waals surface area contributed by atoms with Crippen LogP contribution in [0.5, 0.6) is 0 Å². The van der Waals surface area contributed by atoms with Crippen molar-refractivity contribution in [3.63, 3.8) is 0 Å². The number of benzene rings is 2. The number of nitrogens with two attached hydrogens (primary N) is 1. The third kappa shape index (κ3) is 4.08. The molecule has 3 N–H and O–H groups in total. The maximum atomic E-state index is 12.4. The van der Waals surface area contributed by atoms with E-state index in [-0.39, 0.29) is 5.69 Å². The molecule has 0 unspecified atom stereocenters. The first kappa shape index (κ1) is 16.4. The van der Waals surface area contributed by atoms with Gasteiger partial charge in [0, 0.05) is 0 Å². The Morgan fingerprint density at radius 2 is 1.68 bits per heavy atom. The Hall–Kier alpha value is -3.48. The van der Waals surface area contributed by atoms with Gasteiger partial charge in [-0.3, -0.25) is 9.59 Å². The van der Waals surface area contributed by atoms with E-state index in [1.165, 1.54) is 6.20 Å². The topological polar surface area (TPSA) is 103 Å². The van der Waals surface area contributed by atoms with Crippen LogP contribution < -0.4 is 11.1 Å². The second kappa shape index (κ2) is 7.39. The fourth-order valence-electron chi connectivity index (χ4n) is 2.42. The summed E-state index contributed by atoms with van der Waals surface area (Å²) in [5, 5.41) is 10.4. The maximum absolute atomic E-state index is 12.4. The number of aromatic nitrogens is 3. The lowest BCUT2D eigenvalue weighted by atomic mass is 10.1. The van der Waals surface area contributed by atoms with Crippen molar-refractivity contribution in [2.75, 3.05) is 0 Å². The second-order valence-electron chi connectivity index (χ2n) is 5.51. The van der Waals surface area contributed by atoms with E-state index in [0.29, 0.717) is 12.1 Å². The summed E-state index contributed by atoms with van der Waals surface area (Å²) in [6.45, 7) is 0.499. The van der Waals surface area contributed by atoms with Crippen molar-refractivity contribution in [1.82, 2.24) is 20.3 Å². The quantitative estimate of drug-likeness (QED) is 0.708. The molecule has 1 atom stereocenters. The molecule has 1 aromatic heterocycles. The summed E-state index contributed by atoms with van der Waals surface area (Å²) >= 11 is 0. The lowest BCUT2D eigenvalue weighted by Gasteiger charge is -2.14. The van der Waals surface area contributed by atoms with Crippen LogP contribution in [0, 0.1) is 0 Å². The highest BCUT2D eigenvalue weighted by atomic mass is 16.2. The number of primary amides is 1. The minimum Gasteiger partial charge on any atom is -0.368 e. The predicted octanol–water partition coefficient (Wildman–Crippen LogP) is 1.28. The van der Waals surface area contributed by atoms with Gasteiger partial charge in [0.15, 0.2) is 5.69 Å². The molecule has 0 fully saturated rings. The van der Waals surface area contributed by atoms with Crippen LogP contribution >= 0.6 is 0 Å². The molecule has 1 heterocycles. The van der Waals surface area contributed by atoms with Gasteiger partial charge >= 0.3 is 0 Å². The summed E-state index contributed by atoms with van der Waals surface area (Å²) in [6.07, 6.45) is 1.53. The van der Waals surface area contributed by atoms with E-state index in [1.807, 2.05) is 36.4 Å². The smallest absolute Gasteiger partial charge is 0.274 e. The molecular formula is C18H17N5O2. The van der Waals surface area contributed by atoms with Gasteiger partial charge in [-0.2, -0.15) is 0 Å². The number of nitrogens with one attached hydrogen (secondary N) is 1. The van der Waals surface area contributed by atoms with Crippen molar-refractivity contribution < 1.29 is 9.59 Å². The number of amides is 2. The van der Waals surface area contributed by atoms with Crippen LogP contribution in [-0.2, 0) is 11.3 Å².